The number of hydrogen-bond donors (Lipinski definition) is 0. The van der Waals surface area contributed by atoms with Crippen LogP contribution in [0.5, 0.6) is 0 Å². The van der Waals surface area contributed by atoms with Crippen LogP contribution < -0.4 is 56.5 Å². The second-order valence-corrected chi connectivity index (χ2v) is 3.35. The van der Waals surface area contributed by atoms with E-state index in [0.29, 0.717) is 0 Å². The third kappa shape index (κ3) is 45.3. The Morgan fingerprint density at radius 2 is 1.12 bits per heavy atom. The van der Waals surface area contributed by atoms with E-state index in [-0.39, 0.29) is 68.2 Å². The van der Waals surface area contributed by atoms with E-state index in [1.165, 1.54) is 0 Å². The number of hydrogen-bond acceptors (Lipinski definition) is 10. The molecule has 0 spiro atoms. The maximum absolute atomic E-state index is 9.37. The van der Waals surface area contributed by atoms with Gasteiger partial charge in [0.1, 0.15) is 0 Å². The van der Waals surface area contributed by atoms with Gasteiger partial charge >= 0.3 is 68.2 Å². The molecule has 0 aliphatic rings. The zero-order chi connectivity index (χ0) is 12.0. The first-order chi connectivity index (χ1) is 5.94. The van der Waals surface area contributed by atoms with Gasteiger partial charge in [-0.25, -0.2) is 16.8 Å². The van der Waals surface area contributed by atoms with E-state index in [1.807, 2.05) is 0 Å². The molecule has 0 aromatic heterocycles. The summed E-state index contributed by atoms with van der Waals surface area (Å²) in [5.41, 5.74) is 0. The van der Waals surface area contributed by atoms with E-state index in [2.05, 4.69) is 8.67 Å². The molecule has 0 rings (SSSR count). The van der Waals surface area contributed by atoms with Crippen LogP contribution in [0.2, 0.25) is 0 Å². The predicted molar refractivity (Wildman–Crippen MR) is 32.2 cm³/mol. The maximum Gasteiger partial charge on any atom is 2.00 e. The molecule has 10 nitrogen and oxygen atoms in total. The molecule has 0 bridgehead atoms. The predicted octanol–water partition coefficient (Wildman–Crippen LogP) is -6.39. The second-order valence-electron chi connectivity index (χ2n) is 1.44. The Labute approximate surface area is 144 Å². The normalized spacial score (nSPS) is 9.94. The van der Waals surface area contributed by atoms with Crippen molar-refractivity contribution in [1.82, 2.24) is 0 Å². The summed E-state index contributed by atoms with van der Waals surface area (Å²) in [4.78, 5) is 8.89. The van der Waals surface area contributed by atoms with Gasteiger partial charge in [-0.3, -0.25) is 0 Å². The molecule has 0 aromatic rings. The zero-order valence-electron chi connectivity index (χ0n) is 7.73. The maximum atomic E-state index is 9.37. The first-order valence-electron chi connectivity index (χ1n) is 2.41. The van der Waals surface area contributed by atoms with Crippen LogP contribution >= 0.6 is 0 Å². The van der Waals surface area contributed by atoms with E-state index >= 15 is 0 Å². The van der Waals surface area contributed by atoms with Crippen molar-refractivity contribution in [3.05, 3.63) is 0 Å². The fourth-order valence-corrected chi connectivity index (χ4v) is 0.612. The van der Waals surface area contributed by atoms with E-state index < -0.39 is 26.8 Å². The zero-order valence-corrected chi connectivity index (χ0v) is 13.5. The molecule has 0 aliphatic carbocycles. The average Bonchev–Trinajstić information content (AvgIpc) is 1.79. The molecule has 0 N–H and O–H groups in total. The van der Waals surface area contributed by atoms with Crippen molar-refractivity contribution in [2.75, 3.05) is 0 Å². The van der Waals surface area contributed by atoms with E-state index in [9.17, 15) is 25.9 Å². The van der Waals surface area contributed by atoms with Gasteiger partial charge in [-0.05, 0) is 6.92 Å². The summed E-state index contributed by atoms with van der Waals surface area (Å²) in [6, 6.07) is 0. The van der Waals surface area contributed by atoms with Gasteiger partial charge in [0.05, 0.1) is 0 Å². The summed E-state index contributed by atoms with van der Waals surface area (Å²) in [5.74, 6) is -1.08. The van der Waals surface area contributed by atoms with Crippen molar-refractivity contribution in [1.29, 1.82) is 0 Å². The Hall–Kier alpha value is 1.35. The summed E-state index contributed by atoms with van der Waals surface area (Å²) in [5, 5.41) is 8.89. The van der Waals surface area contributed by atoms with Crippen LogP contribution in [0.3, 0.4) is 0 Å². The summed E-state index contributed by atoms with van der Waals surface area (Å²) in [6.45, 7) is 0.972. The van der Waals surface area contributed by atoms with Gasteiger partial charge in [0.2, 0.25) is 20.8 Å². The van der Waals surface area contributed by atoms with E-state index in [0.717, 1.165) is 6.92 Å². The summed E-state index contributed by atoms with van der Waals surface area (Å²) in [6.07, 6.45) is 0. The van der Waals surface area contributed by atoms with Gasteiger partial charge in [-0.1, -0.05) is 0 Å². The summed E-state index contributed by atoms with van der Waals surface area (Å²) in [7, 11) is -10.6. The molecule has 0 fully saturated rings. The van der Waals surface area contributed by atoms with Crippen molar-refractivity contribution < 1.29 is 113 Å². The number of aliphatic carboxylic acids is 1. The number of carbonyl (C=O) groups excluding carboxylic acids is 1. The van der Waals surface area contributed by atoms with Gasteiger partial charge in [0.25, 0.3) is 0 Å². The van der Waals surface area contributed by atoms with Gasteiger partial charge in [-0.2, -0.15) is 0 Å². The van der Waals surface area contributed by atoms with Crippen molar-refractivity contribution in [3.8, 4) is 0 Å². The van der Waals surface area contributed by atoms with Crippen molar-refractivity contribution in [2.45, 2.75) is 6.92 Å². The van der Waals surface area contributed by atoms with Gasteiger partial charge in [-0.15, -0.1) is 8.67 Å². The van der Waals surface area contributed by atoms with Gasteiger partial charge in [0.15, 0.2) is 0 Å². The van der Waals surface area contributed by atoms with Crippen LogP contribution in [0.15, 0.2) is 0 Å². The molecular formula is C2H3CoKO10S2. The number of carboxylic acid groups (broad SMARTS) is 1. The Kier molecular flexibility index (Phi) is 18.6. The summed E-state index contributed by atoms with van der Waals surface area (Å²) < 4.78 is 61.5. The number of rotatable bonds is 3. The minimum Gasteiger partial charge on any atom is -0.724 e. The fourth-order valence-electron chi connectivity index (χ4n) is 0.0680. The molecule has 0 atom stereocenters. The number of carbonyl (C=O) groups is 1. The Balaban J connectivity index is -0.000000105. The van der Waals surface area contributed by atoms with Crippen LogP contribution in [-0.4, -0.2) is 31.9 Å². The minimum absolute atomic E-state index is 0. The summed E-state index contributed by atoms with van der Waals surface area (Å²) >= 11 is 0. The molecule has 93 valence electrons. The molecule has 0 heterocycles. The van der Waals surface area contributed by atoms with Crippen molar-refractivity contribution in [2.24, 2.45) is 0 Å². The average molecular weight is 349 g/mol. The monoisotopic (exact) mass is 349 g/mol. The van der Waals surface area contributed by atoms with Crippen LogP contribution in [-0.2, 0) is 51.0 Å². The third-order valence-electron chi connectivity index (χ3n) is 0.194. The first kappa shape index (κ1) is 26.0. The molecule has 0 unspecified atom stereocenters. The first-order valence-corrected chi connectivity index (χ1v) is 5.07. The Morgan fingerprint density at radius 3 is 1.19 bits per heavy atom. The minimum atomic E-state index is -5.31. The molecule has 14 heteroatoms. The molecule has 0 aliphatic heterocycles. The van der Waals surface area contributed by atoms with Crippen LogP contribution in [0.25, 0.3) is 0 Å². The standard InChI is InChI=1S/C2H4O2.Co.K.H2O8S2/c1-2(3)4;;;1-9(2,3)7-8-10(4,5)6/h1H3,(H,3,4);;;(H,1,2,3)(H,4,5,6)/q;+2;+1;/p-3. The van der Waals surface area contributed by atoms with Crippen LogP contribution in [0.4, 0.5) is 0 Å². The Morgan fingerprint density at radius 1 is 1.00 bits per heavy atom. The number of carboxylic acids is 1. The van der Waals surface area contributed by atoms with Gasteiger partial charge < -0.3 is 19.0 Å². The smallest absolute Gasteiger partial charge is 0.724 e. The molecular weight excluding hydrogens is 346 g/mol. The van der Waals surface area contributed by atoms with Gasteiger partial charge in [0, 0.05) is 5.97 Å². The topological polar surface area (TPSA) is 173 Å². The van der Waals surface area contributed by atoms with Crippen molar-refractivity contribution in [3.63, 3.8) is 0 Å². The second kappa shape index (κ2) is 11.4. The van der Waals surface area contributed by atoms with E-state index in [1.54, 1.807) is 0 Å². The molecule has 0 saturated heterocycles. The molecule has 1 radical (unpaired) electrons. The quantitative estimate of drug-likeness (QED) is 0.157. The van der Waals surface area contributed by atoms with Crippen molar-refractivity contribution >= 4 is 26.8 Å². The van der Waals surface area contributed by atoms with E-state index in [4.69, 9.17) is 9.90 Å². The molecule has 0 aromatic carbocycles. The fraction of sp³-hybridized carbons (Fsp3) is 0.500. The SMILES string of the molecule is CC(=O)[O-].O=S(=O)([O-])OOS(=O)(=O)[O-].[Co+2].[K+]. The van der Waals surface area contributed by atoms with Crippen LogP contribution in [0, 0.1) is 0 Å². The largest absolute Gasteiger partial charge is 2.00 e. The Bertz CT molecular complexity index is 334. The molecule has 0 saturated carbocycles. The molecule has 0 amide bonds. The third-order valence-corrected chi connectivity index (χ3v) is 0.750. The molecule has 16 heavy (non-hydrogen) atoms. The van der Waals surface area contributed by atoms with Crippen LogP contribution in [0.1, 0.15) is 6.92 Å².